The van der Waals surface area contributed by atoms with Gasteiger partial charge in [-0.3, -0.25) is 9.48 Å². The molecule has 4 aromatic rings. The minimum Gasteiger partial charge on any atom is -0.386 e. The van der Waals surface area contributed by atoms with Crippen LogP contribution in [0.5, 0.6) is 0 Å². The van der Waals surface area contributed by atoms with Crippen molar-refractivity contribution >= 4 is 28.1 Å². The summed E-state index contributed by atoms with van der Waals surface area (Å²) in [4.78, 5) is 17.2. The Morgan fingerprint density at radius 1 is 1.23 bits per heavy atom. The zero-order chi connectivity index (χ0) is 25.2. The van der Waals surface area contributed by atoms with Gasteiger partial charge >= 0.3 is 0 Å². The molecule has 0 unspecified atom stereocenters. The van der Waals surface area contributed by atoms with Crippen LogP contribution >= 0.6 is 11.3 Å². The second-order valence-corrected chi connectivity index (χ2v) is 9.79. The maximum absolute atomic E-state index is 14.9. The lowest BCUT2D eigenvalue weighted by molar-refractivity contribution is 0.0782. The normalized spacial score (nSPS) is 11.6. The minimum absolute atomic E-state index is 0.248. The van der Waals surface area contributed by atoms with Crippen LogP contribution in [0.1, 0.15) is 41.0 Å². The van der Waals surface area contributed by atoms with Gasteiger partial charge in [0.15, 0.2) is 0 Å². The molecule has 0 aliphatic carbocycles. The number of hydrogen-bond acceptors (Lipinski definition) is 7. The molecule has 35 heavy (non-hydrogen) atoms. The largest absolute Gasteiger partial charge is 0.386 e. The third-order valence-electron chi connectivity index (χ3n) is 5.38. The fourth-order valence-electron chi connectivity index (χ4n) is 3.56. The number of aliphatic hydroxyl groups is 1. The Bertz CT molecular complexity index is 1360. The monoisotopic (exact) mass is 494 g/mol. The molecule has 0 spiro atoms. The van der Waals surface area contributed by atoms with Crippen molar-refractivity contribution in [2.24, 2.45) is 12.8 Å². The average molecular weight is 495 g/mol. The van der Waals surface area contributed by atoms with Gasteiger partial charge < -0.3 is 21.5 Å². The summed E-state index contributed by atoms with van der Waals surface area (Å²) in [6, 6.07) is 11.7. The maximum atomic E-state index is 14.9. The van der Waals surface area contributed by atoms with E-state index in [1.54, 1.807) is 49.0 Å². The van der Waals surface area contributed by atoms with E-state index in [2.05, 4.69) is 20.7 Å². The Hall–Kier alpha value is -3.60. The van der Waals surface area contributed by atoms with E-state index in [4.69, 9.17) is 5.73 Å². The Kier molecular flexibility index (Phi) is 6.97. The summed E-state index contributed by atoms with van der Waals surface area (Å²) in [5.74, 6) is -0.578. The number of rotatable bonds is 9. The summed E-state index contributed by atoms with van der Waals surface area (Å²) in [5.41, 5.74) is 7.34. The first-order valence-corrected chi connectivity index (χ1v) is 11.8. The van der Waals surface area contributed by atoms with Crippen LogP contribution in [-0.2, 0) is 25.7 Å². The van der Waals surface area contributed by atoms with E-state index in [0.29, 0.717) is 39.9 Å². The van der Waals surface area contributed by atoms with Crippen LogP contribution in [0.2, 0.25) is 0 Å². The summed E-state index contributed by atoms with van der Waals surface area (Å²) < 4.78 is 16.6. The molecule has 3 heterocycles. The Morgan fingerprint density at radius 3 is 2.69 bits per heavy atom. The first kappa shape index (κ1) is 24.5. The fraction of sp³-hybridized carbons (Fsp3) is 0.240. The number of amides is 1. The number of hydrogen-bond donors (Lipinski definition) is 4. The van der Waals surface area contributed by atoms with E-state index in [1.807, 2.05) is 25.4 Å². The maximum Gasteiger partial charge on any atom is 0.251 e. The highest BCUT2D eigenvalue weighted by molar-refractivity contribution is 7.19. The number of aromatic nitrogens is 3. The molecular weight excluding hydrogens is 467 g/mol. The standard InChI is InChI=1S/C25H27FN6O2S/c1-25(2,34)16-7-8-18(20(26)9-16)21-10-19(23(27)33)24(35-21)31-22-6-4-5-17(30-22)13-28-11-15-12-29-32(3)14-15/h4-10,12,14,28,34H,11,13H2,1-3H3,(H2,27,33)(H,30,31). The SMILES string of the molecule is Cn1cc(CNCc2cccc(Nc3sc(-c4ccc(C(C)(C)O)cc4F)cc3C(N)=O)n2)cn1. The molecule has 8 nitrogen and oxygen atoms in total. The molecule has 0 saturated heterocycles. The number of carbonyl (C=O) groups is 1. The number of nitrogens with one attached hydrogen (secondary N) is 2. The molecule has 10 heteroatoms. The van der Waals surface area contributed by atoms with Gasteiger partial charge in [-0.1, -0.05) is 18.2 Å². The van der Waals surface area contributed by atoms with Crippen molar-refractivity contribution in [1.29, 1.82) is 0 Å². The van der Waals surface area contributed by atoms with Crippen molar-refractivity contribution in [3.8, 4) is 10.4 Å². The van der Waals surface area contributed by atoms with E-state index < -0.39 is 17.3 Å². The number of aryl methyl sites for hydroxylation is 1. The molecule has 182 valence electrons. The van der Waals surface area contributed by atoms with Crippen LogP contribution in [0.15, 0.2) is 54.9 Å². The molecule has 5 N–H and O–H groups in total. The van der Waals surface area contributed by atoms with Crippen LogP contribution in [0, 0.1) is 5.82 Å². The van der Waals surface area contributed by atoms with E-state index in [1.165, 1.54) is 17.4 Å². The predicted octanol–water partition coefficient (Wildman–Crippen LogP) is 4.04. The first-order chi connectivity index (χ1) is 16.6. The van der Waals surface area contributed by atoms with Gasteiger partial charge in [-0.15, -0.1) is 11.3 Å². The van der Waals surface area contributed by atoms with Crippen LogP contribution in [0.25, 0.3) is 10.4 Å². The summed E-state index contributed by atoms with van der Waals surface area (Å²) in [7, 11) is 1.87. The topological polar surface area (TPSA) is 118 Å². The molecule has 0 fully saturated rings. The van der Waals surface area contributed by atoms with E-state index in [-0.39, 0.29) is 5.56 Å². The number of halogens is 1. The van der Waals surface area contributed by atoms with Crippen molar-refractivity contribution in [3.05, 3.63) is 83.1 Å². The highest BCUT2D eigenvalue weighted by atomic mass is 32.1. The predicted molar refractivity (Wildman–Crippen MR) is 135 cm³/mol. The summed E-state index contributed by atoms with van der Waals surface area (Å²) in [5, 5.41) is 21.3. The summed E-state index contributed by atoms with van der Waals surface area (Å²) in [6.07, 6.45) is 3.75. The molecular formula is C25H27FN6O2S. The lowest BCUT2D eigenvalue weighted by atomic mass is 9.96. The molecule has 1 aromatic carbocycles. The van der Waals surface area contributed by atoms with Crippen molar-refractivity contribution in [3.63, 3.8) is 0 Å². The molecule has 3 aromatic heterocycles. The molecule has 0 bridgehead atoms. The van der Waals surface area contributed by atoms with Crippen LogP contribution < -0.4 is 16.4 Å². The van der Waals surface area contributed by atoms with Gasteiger partial charge in [0.25, 0.3) is 5.91 Å². The highest BCUT2D eigenvalue weighted by Crippen LogP contribution is 2.38. The zero-order valence-corrected chi connectivity index (χ0v) is 20.5. The van der Waals surface area contributed by atoms with E-state index >= 15 is 0 Å². The number of carbonyl (C=O) groups excluding carboxylic acids is 1. The molecule has 4 rings (SSSR count). The highest BCUT2D eigenvalue weighted by Gasteiger charge is 2.21. The van der Waals surface area contributed by atoms with Gasteiger partial charge in [0.1, 0.15) is 16.6 Å². The van der Waals surface area contributed by atoms with Gasteiger partial charge in [0, 0.05) is 42.3 Å². The van der Waals surface area contributed by atoms with E-state index in [9.17, 15) is 14.3 Å². The van der Waals surface area contributed by atoms with Gasteiger partial charge in [-0.05, 0) is 43.7 Å². The molecule has 0 radical (unpaired) electrons. The third-order valence-corrected chi connectivity index (χ3v) is 6.46. The Balaban J connectivity index is 1.52. The number of thiophene rings is 1. The second kappa shape index (κ2) is 9.95. The fourth-order valence-corrected chi connectivity index (χ4v) is 4.65. The van der Waals surface area contributed by atoms with Gasteiger partial charge in [0.2, 0.25) is 0 Å². The van der Waals surface area contributed by atoms with Crippen molar-refractivity contribution in [2.75, 3.05) is 5.32 Å². The van der Waals surface area contributed by atoms with Crippen molar-refractivity contribution in [2.45, 2.75) is 32.5 Å². The molecule has 0 aliphatic rings. The van der Waals surface area contributed by atoms with Crippen LogP contribution in [0.3, 0.4) is 0 Å². The smallest absolute Gasteiger partial charge is 0.251 e. The Morgan fingerprint density at radius 2 is 2.03 bits per heavy atom. The third kappa shape index (κ3) is 5.91. The first-order valence-electron chi connectivity index (χ1n) is 11.0. The number of anilines is 2. The van der Waals surface area contributed by atoms with Gasteiger partial charge in [-0.2, -0.15) is 5.10 Å². The van der Waals surface area contributed by atoms with Crippen LogP contribution in [0.4, 0.5) is 15.2 Å². The van der Waals surface area contributed by atoms with Crippen molar-refractivity contribution in [1.82, 2.24) is 20.1 Å². The lowest BCUT2D eigenvalue weighted by Crippen LogP contribution is -2.15. The minimum atomic E-state index is -1.16. The van der Waals surface area contributed by atoms with Crippen LogP contribution in [-0.4, -0.2) is 25.8 Å². The van der Waals surface area contributed by atoms with Gasteiger partial charge in [-0.25, -0.2) is 9.37 Å². The second-order valence-electron chi connectivity index (χ2n) is 8.74. The molecule has 0 aliphatic heterocycles. The zero-order valence-electron chi connectivity index (χ0n) is 19.7. The van der Waals surface area contributed by atoms with E-state index in [0.717, 1.165) is 11.3 Å². The van der Waals surface area contributed by atoms with Crippen molar-refractivity contribution < 1.29 is 14.3 Å². The summed E-state index contributed by atoms with van der Waals surface area (Å²) >= 11 is 1.21. The number of nitrogens with zero attached hydrogens (tertiary/aromatic N) is 3. The number of benzene rings is 1. The molecule has 1 amide bonds. The quantitative estimate of drug-likeness (QED) is 0.279. The Labute approximate surface area is 206 Å². The lowest BCUT2D eigenvalue weighted by Gasteiger charge is -2.18. The molecule has 0 saturated carbocycles. The number of nitrogens with two attached hydrogens (primary N) is 1. The number of primary amides is 1. The average Bonchev–Trinajstić information content (AvgIpc) is 3.39. The molecule has 0 atom stereocenters. The van der Waals surface area contributed by atoms with Gasteiger partial charge in [0.05, 0.1) is 23.1 Å². The summed E-state index contributed by atoms with van der Waals surface area (Å²) in [6.45, 7) is 4.39. The number of pyridine rings is 1.